The van der Waals surface area contributed by atoms with Crippen molar-refractivity contribution in [3.63, 3.8) is 0 Å². The molecule has 4 nitrogen and oxygen atoms in total. The van der Waals surface area contributed by atoms with E-state index in [0.29, 0.717) is 0 Å². The largest absolute Gasteiger partial charge is 0.372 e. The molecule has 1 aromatic carbocycles. The summed E-state index contributed by atoms with van der Waals surface area (Å²) in [5, 5.41) is 6.41. The fourth-order valence-corrected chi connectivity index (χ4v) is 3.05. The van der Waals surface area contributed by atoms with Crippen LogP contribution in [0.1, 0.15) is 25.8 Å². The summed E-state index contributed by atoms with van der Waals surface area (Å²) >= 11 is 1.79. The van der Waals surface area contributed by atoms with E-state index in [2.05, 4.69) is 29.7 Å². The second-order valence-electron chi connectivity index (χ2n) is 5.73. The lowest BCUT2D eigenvalue weighted by Crippen LogP contribution is -2.49. The number of amides is 1. The lowest BCUT2D eigenvalue weighted by atomic mass is 10.2. The van der Waals surface area contributed by atoms with Gasteiger partial charge in [0.05, 0.1) is 18.8 Å². The topological polar surface area (TPSA) is 53.7 Å². The highest BCUT2D eigenvalue weighted by molar-refractivity contribution is 7.98. The van der Waals surface area contributed by atoms with Crippen LogP contribution in [0, 0.1) is 0 Å². The second-order valence-corrected chi connectivity index (χ2v) is 6.77. The van der Waals surface area contributed by atoms with Crippen LogP contribution in [0.15, 0.2) is 30.3 Å². The van der Waals surface area contributed by atoms with Gasteiger partial charge in [0.1, 0.15) is 0 Å². The minimum Gasteiger partial charge on any atom is -0.372 e. The molecule has 1 saturated heterocycles. The Morgan fingerprint density at radius 1 is 1.41 bits per heavy atom. The van der Waals surface area contributed by atoms with Gasteiger partial charge in [-0.15, -0.1) is 0 Å². The first-order chi connectivity index (χ1) is 10.7. The van der Waals surface area contributed by atoms with Gasteiger partial charge in [-0.1, -0.05) is 37.3 Å². The number of carbonyl (C=O) groups is 1. The lowest BCUT2D eigenvalue weighted by Gasteiger charge is -2.20. The standard InChI is InChI=1S/C17H26N2O2S/c1-3-13(2)19-17(20)16(18-9-15-10-21-15)12-22-11-14-7-5-4-6-8-14/h4-8,13,15-16,18H,3,9-12H2,1-2H3,(H,19,20). The smallest absolute Gasteiger partial charge is 0.238 e. The molecule has 1 aliphatic heterocycles. The van der Waals surface area contributed by atoms with Crippen molar-refractivity contribution in [2.45, 2.75) is 44.2 Å². The number of rotatable bonds is 10. The summed E-state index contributed by atoms with van der Waals surface area (Å²) in [6.45, 7) is 5.68. The van der Waals surface area contributed by atoms with E-state index in [1.807, 2.05) is 25.1 Å². The molecule has 2 rings (SSSR count). The quantitative estimate of drug-likeness (QED) is 0.649. The van der Waals surface area contributed by atoms with Gasteiger partial charge in [-0.2, -0.15) is 11.8 Å². The van der Waals surface area contributed by atoms with E-state index in [9.17, 15) is 4.79 Å². The van der Waals surface area contributed by atoms with Crippen molar-refractivity contribution in [2.24, 2.45) is 0 Å². The maximum absolute atomic E-state index is 12.4. The van der Waals surface area contributed by atoms with E-state index >= 15 is 0 Å². The molecule has 0 saturated carbocycles. The predicted octanol–water partition coefficient (Wildman–Crippen LogP) is 2.19. The molecule has 0 bridgehead atoms. The fraction of sp³-hybridized carbons (Fsp3) is 0.588. The molecule has 5 heteroatoms. The SMILES string of the molecule is CCC(C)NC(=O)C(CSCc1ccccc1)NCC1CO1. The molecule has 1 fully saturated rings. The number of ether oxygens (including phenoxy) is 1. The Hall–Kier alpha value is -1.04. The van der Waals surface area contributed by atoms with Crippen LogP contribution >= 0.6 is 11.8 Å². The molecule has 0 aromatic heterocycles. The number of benzene rings is 1. The number of hydrogen-bond acceptors (Lipinski definition) is 4. The van der Waals surface area contributed by atoms with Gasteiger partial charge in [-0.3, -0.25) is 4.79 Å². The first kappa shape index (κ1) is 17.3. The van der Waals surface area contributed by atoms with Crippen LogP contribution < -0.4 is 10.6 Å². The number of hydrogen-bond donors (Lipinski definition) is 2. The molecule has 1 aliphatic rings. The van der Waals surface area contributed by atoms with Crippen LogP contribution in [0.3, 0.4) is 0 Å². The summed E-state index contributed by atoms with van der Waals surface area (Å²) in [5.41, 5.74) is 1.29. The highest BCUT2D eigenvalue weighted by Gasteiger charge is 2.26. The van der Waals surface area contributed by atoms with E-state index in [1.165, 1.54) is 5.56 Å². The van der Waals surface area contributed by atoms with Crippen molar-refractivity contribution in [2.75, 3.05) is 18.9 Å². The minimum absolute atomic E-state index is 0.0931. The van der Waals surface area contributed by atoms with Gasteiger partial charge in [0.2, 0.25) is 5.91 Å². The van der Waals surface area contributed by atoms with Crippen LogP contribution in [0.2, 0.25) is 0 Å². The number of carbonyl (C=O) groups excluding carboxylic acids is 1. The molecular weight excluding hydrogens is 296 g/mol. The van der Waals surface area contributed by atoms with Gasteiger partial charge in [0, 0.05) is 24.1 Å². The third kappa shape index (κ3) is 6.38. The Balaban J connectivity index is 1.78. The number of nitrogens with one attached hydrogen (secondary N) is 2. The third-order valence-corrected chi connectivity index (χ3v) is 4.81. The zero-order valence-electron chi connectivity index (χ0n) is 13.4. The van der Waals surface area contributed by atoms with Gasteiger partial charge in [-0.25, -0.2) is 0 Å². The Morgan fingerprint density at radius 3 is 2.77 bits per heavy atom. The number of epoxide rings is 1. The van der Waals surface area contributed by atoms with Crippen LogP contribution in [0.25, 0.3) is 0 Å². The van der Waals surface area contributed by atoms with Gasteiger partial charge < -0.3 is 15.4 Å². The normalized spacial score (nSPS) is 19.5. The van der Waals surface area contributed by atoms with Crippen molar-refractivity contribution in [1.82, 2.24) is 10.6 Å². The van der Waals surface area contributed by atoms with Crippen LogP contribution in [0.5, 0.6) is 0 Å². The zero-order chi connectivity index (χ0) is 15.8. The zero-order valence-corrected chi connectivity index (χ0v) is 14.2. The molecule has 2 N–H and O–H groups in total. The Kier molecular flexibility index (Phi) is 7.22. The fourth-order valence-electron chi connectivity index (χ4n) is 2.00. The van der Waals surface area contributed by atoms with Crippen LogP contribution in [-0.2, 0) is 15.3 Å². The van der Waals surface area contributed by atoms with Crippen molar-refractivity contribution in [3.8, 4) is 0 Å². The summed E-state index contributed by atoms with van der Waals surface area (Å²) in [6.07, 6.45) is 1.24. The average Bonchev–Trinajstić information content (AvgIpc) is 3.35. The lowest BCUT2D eigenvalue weighted by molar-refractivity contribution is -0.123. The summed E-state index contributed by atoms with van der Waals surface area (Å²) in [4.78, 5) is 12.4. The maximum atomic E-state index is 12.4. The van der Waals surface area contributed by atoms with Gasteiger partial charge in [0.25, 0.3) is 0 Å². The molecule has 1 amide bonds. The minimum atomic E-state index is -0.160. The van der Waals surface area contributed by atoms with Gasteiger partial charge in [-0.05, 0) is 18.9 Å². The van der Waals surface area contributed by atoms with E-state index in [1.54, 1.807) is 11.8 Å². The van der Waals surface area contributed by atoms with E-state index in [0.717, 1.165) is 31.1 Å². The molecule has 122 valence electrons. The molecule has 0 radical (unpaired) electrons. The highest BCUT2D eigenvalue weighted by Crippen LogP contribution is 2.14. The Bertz CT molecular complexity index is 451. The van der Waals surface area contributed by atoms with Crippen molar-refractivity contribution in [3.05, 3.63) is 35.9 Å². The van der Waals surface area contributed by atoms with E-state index < -0.39 is 0 Å². The molecule has 1 aromatic rings. The molecule has 3 unspecified atom stereocenters. The monoisotopic (exact) mass is 322 g/mol. The van der Waals surface area contributed by atoms with E-state index in [4.69, 9.17) is 4.74 Å². The summed E-state index contributed by atoms with van der Waals surface area (Å²) in [7, 11) is 0. The molecule has 1 heterocycles. The van der Waals surface area contributed by atoms with Gasteiger partial charge in [0.15, 0.2) is 0 Å². The van der Waals surface area contributed by atoms with Gasteiger partial charge >= 0.3 is 0 Å². The first-order valence-electron chi connectivity index (χ1n) is 7.96. The average molecular weight is 322 g/mol. The molecule has 22 heavy (non-hydrogen) atoms. The molecule has 0 aliphatic carbocycles. The van der Waals surface area contributed by atoms with Crippen molar-refractivity contribution in [1.29, 1.82) is 0 Å². The van der Waals surface area contributed by atoms with E-state index in [-0.39, 0.29) is 24.1 Å². The Labute approximate surface area is 137 Å². The summed E-state index contributed by atoms with van der Waals surface area (Å²) in [6, 6.07) is 10.4. The van der Waals surface area contributed by atoms with Crippen molar-refractivity contribution < 1.29 is 9.53 Å². The van der Waals surface area contributed by atoms with Crippen LogP contribution in [-0.4, -0.2) is 43.0 Å². The highest BCUT2D eigenvalue weighted by atomic mass is 32.2. The van der Waals surface area contributed by atoms with Crippen LogP contribution in [0.4, 0.5) is 0 Å². The third-order valence-electron chi connectivity index (χ3n) is 3.71. The molecule has 3 atom stereocenters. The summed E-state index contributed by atoms with van der Waals surface area (Å²) in [5.74, 6) is 1.79. The Morgan fingerprint density at radius 2 is 2.14 bits per heavy atom. The predicted molar refractivity (Wildman–Crippen MR) is 92.0 cm³/mol. The second kappa shape index (κ2) is 9.18. The summed E-state index contributed by atoms with van der Waals surface area (Å²) < 4.78 is 5.21. The maximum Gasteiger partial charge on any atom is 0.238 e. The molecular formula is C17H26N2O2S. The number of thioether (sulfide) groups is 1. The molecule has 0 spiro atoms. The first-order valence-corrected chi connectivity index (χ1v) is 9.11. The van der Waals surface area contributed by atoms with Crippen molar-refractivity contribution >= 4 is 17.7 Å².